The van der Waals surface area contributed by atoms with Crippen LogP contribution in [0.3, 0.4) is 0 Å². The van der Waals surface area contributed by atoms with E-state index in [4.69, 9.17) is 0 Å². The maximum atomic E-state index is 2.11. The molecule has 1 aromatic rings. The van der Waals surface area contributed by atoms with Crippen molar-refractivity contribution in [2.45, 2.75) is 0 Å². The van der Waals surface area contributed by atoms with Gasteiger partial charge >= 0.3 is 53.0 Å². The van der Waals surface area contributed by atoms with Crippen molar-refractivity contribution in [2.24, 2.45) is 0 Å². The number of benzene rings is 1. The molecule has 0 N–H and O–H groups in total. The summed E-state index contributed by atoms with van der Waals surface area (Å²) >= 11 is 1.67. The van der Waals surface area contributed by atoms with E-state index < -0.39 is 0 Å². The molecule has 0 unspecified atom stereocenters. The summed E-state index contributed by atoms with van der Waals surface area (Å²) in [6.45, 7) is 0. The molecule has 0 spiro atoms. The van der Waals surface area contributed by atoms with Crippen LogP contribution in [0, 0.1) is 0 Å². The van der Waals surface area contributed by atoms with E-state index in [0.29, 0.717) is 0 Å². The van der Waals surface area contributed by atoms with Crippen LogP contribution >= 0.6 is 0 Å². The van der Waals surface area contributed by atoms with Crippen molar-refractivity contribution in [3.05, 3.63) is 30.3 Å². The van der Waals surface area contributed by atoms with Crippen molar-refractivity contribution in [3.8, 4) is 0 Å². The zero-order valence-corrected chi connectivity index (χ0v) is 6.39. The summed E-state index contributed by atoms with van der Waals surface area (Å²) in [5.41, 5.74) is 0. The third-order valence-corrected chi connectivity index (χ3v) is 1.61. The van der Waals surface area contributed by atoms with Gasteiger partial charge in [-0.1, -0.05) is 0 Å². The monoisotopic (exact) mass is 148 g/mol. The smallest absolute Gasteiger partial charge is 1.00 e. The second kappa shape index (κ2) is 2.24. The van der Waals surface area contributed by atoms with Gasteiger partial charge in [-0.2, -0.15) is 0 Å². The molecule has 0 aliphatic carbocycles. The van der Waals surface area contributed by atoms with E-state index in [-0.39, 0.29) is 2.85 Å². The summed E-state index contributed by atoms with van der Waals surface area (Å²) in [5.74, 6) is 0. The van der Waals surface area contributed by atoms with Crippen LogP contribution in [-0.4, -0.2) is 18.6 Å². The van der Waals surface area contributed by atoms with E-state index in [1.807, 2.05) is 6.07 Å². The predicted octanol–water partition coefficient (Wildman–Crippen LogP) is 0.705. The van der Waals surface area contributed by atoms with Crippen molar-refractivity contribution in [1.82, 2.24) is 0 Å². The molecule has 0 bridgehead atoms. The molecule has 0 atom stereocenters. The Hall–Kier alpha value is -0.144. The average Bonchev–Trinajstić information content (AvgIpc) is 1.69. The molecule has 0 amide bonds. The van der Waals surface area contributed by atoms with Crippen LogP contribution in [0.2, 0.25) is 0 Å². The molecule has 1 rings (SSSR count). The van der Waals surface area contributed by atoms with Crippen LogP contribution in [0.25, 0.3) is 0 Å². The summed E-state index contributed by atoms with van der Waals surface area (Å²) in [6.07, 6.45) is 0. The van der Waals surface area contributed by atoms with Crippen LogP contribution < -0.4 is 4.12 Å². The minimum Gasteiger partial charge on any atom is -1.00 e. The normalized spacial score (nSPS) is 8.86. The molecule has 0 saturated carbocycles. The predicted molar refractivity (Wildman–Crippen MR) is 34.1 cm³/mol. The Labute approximate surface area is 56.4 Å². The van der Waals surface area contributed by atoms with Crippen molar-refractivity contribution < 1.29 is 2.85 Å². The molecule has 0 aromatic heterocycles. The summed E-state index contributed by atoms with van der Waals surface area (Å²) in [5, 5.41) is 0. The Morgan fingerprint density at radius 2 is 1.71 bits per heavy atom. The summed E-state index contributed by atoms with van der Waals surface area (Å²) in [4.78, 5) is 0. The molecule has 1 aromatic carbocycles. The first kappa shape index (κ1) is 5.00. The maximum Gasteiger partial charge on any atom is -1.00 e. The van der Waals surface area contributed by atoms with Gasteiger partial charge in [-0.3, -0.25) is 0 Å². The standard InChI is InChI=1S/C6H5.Ga.2H/c1-2-4-6-5-3-1;;;/h1-5H;;;/q;+2;2*-1. The van der Waals surface area contributed by atoms with Crippen LogP contribution in [0.1, 0.15) is 2.85 Å². The molecule has 7 heavy (non-hydrogen) atoms. The average molecular weight is 149 g/mol. The van der Waals surface area contributed by atoms with Crippen LogP contribution in [-0.2, 0) is 0 Å². The molecule has 0 saturated heterocycles. The first-order chi connectivity index (χ1) is 3.39. The fourth-order valence-corrected chi connectivity index (χ4v) is 0.919. The Bertz CT molecular complexity index is 141. The Morgan fingerprint density at radius 1 is 1.14 bits per heavy atom. The van der Waals surface area contributed by atoms with E-state index >= 15 is 0 Å². The zero-order valence-electron chi connectivity index (χ0n) is 5.96. The molecule has 0 heterocycles. The van der Waals surface area contributed by atoms with Gasteiger partial charge in [0.25, 0.3) is 0 Å². The quantitative estimate of drug-likeness (QED) is 0.476. The maximum absolute atomic E-state index is 2.11. The Morgan fingerprint density at radius 3 is 2.00 bits per heavy atom. The van der Waals surface area contributed by atoms with Gasteiger partial charge in [-0.25, -0.2) is 0 Å². The van der Waals surface area contributed by atoms with Crippen molar-refractivity contribution >= 4 is 22.7 Å². The van der Waals surface area contributed by atoms with E-state index in [1.54, 1.807) is 18.6 Å². The van der Waals surface area contributed by atoms with Gasteiger partial charge in [-0.05, 0) is 0 Å². The van der Waals surface area contributed by atoms with Crippen LogP contribution in [0.4, 0.5) is 0 Å². The second-order valence-corrected chi connectivity index (χ2v) is 2.81. The Kier molecular flexibility index (Phi) is 1.60. The second-order valence-electron chi connectivity index (χ2n) is 1.41. The minimum atomic E-state index is 0. The first-order valence-corrected chi connectivity index (χ1v) is 3.41. The number of hydrogen-bond donors (Lipinski definition) is 0. The summed E-state index contributed by atoms with van der Waals surface area (Å²) < 4.78 is 1.38. The van der Waals surface area contributed by atoms with Crippen molar-refractivity contribution in [3.63, 3.8) is 0 Å². The number of rotatable bonds is 0. The molecular weight excluding hydrogens is 142 g/mol. The van der Waals surface area contributed by atoms with Gasteiger partial charge in [0, 0.05) is 0 Å². The van der Waals surface area contributed by atoms with Crippen LogP contribution in [0.15, 0.2) is 30.3 Å². The van der Waals surface area contributed by atoms with E-state index in [1.165, 1.54) is 4.12 Å². The van der Waals surface area contributed by atoms with Gasteiger partial charge in [0.2, 0.25) is 0 Å². The fraction of sp³-hybridized carbons (Fsp3) is 0. The van der Waals surface area contributed by atoms with Gasteiger partial charge in [0.1, 0.15) is 0 Å². The molecule has 0 nitrogen and oxygen atoms in total. The molecule has 0 fully saturated rings. The topological polar surface area (TPSA) is 0 Å². The van der Waals surface area contributed by atoms with E-state index in [2.05, 4.69) is 24.3 Å². The number of hydrogen-bond acceptors (Lipinski definition) is 0. The van der Waals surface area contributed by atoms with Crippen molar-refractivity contribution in [2.75, 3.05) is 0 Å². The van der Waals surface area contributed by atoms with Gasteiger partial charge in [0.05, 0.1) is 0 Å². The summed E-state index contributed by atoms with van der Waals surface area (Å²) in [6, 6.07) is 10.4. The van der Waals surface area contributed by atoms with Gasteiger partial charge in [-0.15, -0.1) is 0 Å². The molecule has 1 heteroatoms. The molecule has 0 radical (unpaired) electrons. The molecule has 34 valence electrons. The van der Waals surface area contributed by atoms with E-state index in [9.17, 15) is 0 Å². The zero-order chi connectivity index (χ0) is 5.11. The third-order valence-electron chi connectivity index (χ3n) is 0.800. The minimum absolute atomic E-state index is 0. The van der Waals surface area contributed by atoms with Crippen LogP contribution in [0.5, 0.6) is 0 Å². The first-order valence-electron chi connectivity index (χ1n) is 2.20. The van der Waals surface area contributed by atoms with E-state index in [0.717, 1.165) is 0 Å². The Balaban J connectivity index is 0. The van der Waals surface area contributed by atoms with Gasteiger partial charge < -0.3 is 2.85 Å². The fourth-order valence-electron chi connectivity index (χ4n) is 0.453. The third kappa shape index (κ3) is 1.41. The largest absolute Gasteiger partial charge is 1.00 e. The van der Waals surface area contributed by atoms with Crippen molar-refractivity contribution in [1.29, 1.82) is 0 Å². The molecular formula is C6H7Ga. The summed E-state index contributed by atoms with van der Waals surface area (Å²) in [7, 11) is 0. The molecule has 0 aliphatic rings. The SMILES string of the molecule is [Ga+2][c]1ccccc1.[H-].[H-]. The molecule has 0 aliphatic heterocycles. The van der Waals surface area contributed by atoms with Gasteiger partial charge in [0.15, 0.2) is 0 Å².